The van der Waals surface area contributed by atoms with Crippen molar-refractivity contribution in [1.29, 1.82) is 0 Å². The number of carbonyl (C=O) groups excluding carboxylic acids is 3. The van der Waals surface area contributed by atoms with E-state index >= 15 is 0 Å². The molecule has 3 amide bonds. The predicted octanol–water partition coefficient (Wildman–Crippen LogP) is 9.02. The van der Waals surface area contributed by atoms with Crippen LogP contribution in [0, 0.1) is 0 Å². The second kappa shape index (κ2) is 33.5. The molecule has 3 N–H and O–H groups in total. The quantitative estimate of drug-likeness (QED) is 0.0654. The summed E-state index contributed by atoms with van der Waals surface area (Å²) >= 11 is 14.9. The third-order valence-corrected chi connectivity index (χ3v) is 13.1. The Morgan fingerprint density at radius 2 is 1.02 bits per heavy atom. The van der Waals surface area contributed by atoms with Crippen LogP contribution in [0.5, 0.6) is 0 Å². The number of anilines is 5. The van der Waals surface area contributed by atoms with Gasteiger partial charge >= 0.3 is 42.9 Å². The Balaban J connectivity index is 0.000000217. The van der Waals surface area contributed by atoms with Crippen molar-refractivity contribution in [2.24, 2.45) is 0 Å². The number of nitrogens with two attached hydrogens (primary N) is 1. The van der Waals surface area contributed by atoms with Gasteiger partial charge in [0.05, 0.1) is 72.1 Å². The van der Waals surface area contributed by atoms with Gasteiger partial charge in [0.15, 0.2) is 17.5 Å². The molecule has 10 rings (SSSR count). The fourth-order valence-corrected chi connectivity index (χ4v) is 8.34. The number of nitrogen functional groups attached to an aromatic ring is 1. The summed E-state index contributed by atoms with van der Waals surface area (Å²) < 4.78 is 83.3. The second-order valence-corrected chi connectivity index (χ2v) is 20.2. The van der Waals surface area contributed by atoms with Gasteiger partial charge in [-0.15, -0.1) is 22.7 Å². The van der Waals surface area contributed by atoms with Crippen LogP contribution < -0.4 is 16.0 Å². The van der Waals surface area contributed by atoms with E-state index in [2.05, 4.69) is 129 Å². The Morgan fingerprint density at radius 3 is 1.45 bits per heavy atom. The molecule has 88 heavy (non-hydrogen) atoms. The van der Waals surface area contributed by atoms with Crippen LogP contribution in [0.1, 0.15) is 53.0 Å². The Bertz CT molecular complexity index is 3810. The van der Waals surface area contributed by atoms with Crippen molar-refractivity contribution in [3.63, 3.8) is 0 Å². The molecule has 39 heteroatoms. The van der Waals surface area contributed by atoms with Gasteiger partial charge in [0.1, 0.15) is 33.9 Å². The monoisotopic (exact) mass is 1360 g/mol. The molecule has 1 radical (unpaired) electrons. The number of halogens is 8. The summed E-state index contributed by atoms with van der Waals surface area (Å²) in [5.74, 6) is -1.43. The van der Waals surface area contributed by atoms with Gasteiger partial charge in [-0.05, 0) is 24.3 Å². The number of amides is 3. The van der Waals surface area contributed by atoms with Crippen molar-refractivity contribution in [2.75, 3.05) is 58.2 Å². The minimum atomic E-state index is -4.72. The molecule has 0 aliphatic heterocycles. The number of alkyl halides is 7. The Kier molecular flexibility index (Phi) is 26.4. The fraction of sp³-hybridized carbons (Fsp3) is 0.204. The Hall–Kier alpha value is -9.40. The zero-order valence-corrected chi connectivity index (χ0v) is 51.1. The number of nitrogens with one attached hydrogen (secondary N) is 1. The van der Waals surface area contributed by atoms with Crippen LogP contribution in [0.2, 0.25) is 5.15 Å². The van der Waals surface area contributed by atoms with Crippen molar-refractivity contribution in [2.45, 2.75) is 24.2 Å². The van der Waals surface area contributed by atoms with E-state index in [-0.39, 0.29) is 58.1 Å². The number of hydrogen-bond donors (Lipinski definition) is 2. The summed E-state index contributed by atoms with van der Waals surface area (Å²) in [6.45, 7) is 4.31. The standard InChI is InChI=1S/C19H15F3N8O2S.C11H12N6O.C8H4BrF3N2OS.C7H8ClN3O.C4H5N3.BS/c1-29(2)17(31)12-7-24-9-15(26-12)30(14-8-23-5-6-25-14)10-11-3-4-13(33-11)16-27-18(32-28-16)19(20,21)22;1-17(2)11(18)8-5-13-7-10(15-8)16-9-6-12-3-4-14-9;9-3-4-1-2-5(16-4)6-13-7(15-14-6)8(10,11)12;1-11(2)7(12)5-3-9-4-6(8)10-5;5-4-3-6-1-2-7-4;1-2/h3-9H,10H2,1-2H3;3-7H,1-2H3,(H,14,15,16);1-2H,3H2;3-4H,1-2H3;1-3H,(H2,5,7);. The van der Waals surface area contributed by atoms with E-state index in [1.165, 1.54) is 99.3 Å². The normalized spacial score (nSPS) is 10.5. The van der Waals surface area contributed by atoms with Crippen LogP contribution in [0.25, 0.3) is 21.4 Å². The predicted molar refractivity (Wildman–Crippen MR) is 316 cm³/mol. The Morgan fingerprint density at radius 1 is 0.568 bits per heavy atom. The fourth-order valence-electron chi connectivity index (χ4n) is 5.95. The van der Waals surface area contributed by atoms with Crippen LogP contribution in [-0.4, -0.2) is 162 Å². The molecule has 0 unspecified atom stereocenters. The number of aromatic nitrogens is 16. The van der Waals surface area contributed by atoms with Crippen molar-refractivity contribution in [1.82, 2.24) is 94.8 Å². The van der Waals surface area contributed by atoms with E-state index < -0.39 is 24.1 Å². The molecule has 0 spiro atoms. The average molecular weight is 1360 g/mol. The first-order chi connectivity index (χ1) is 41.9. The molecule has 0 fully saturated rings. The molecule has 10 aromatic heterocycles. The van der Waals surface area contributed by atoms with Crippen LogP contribution in [0.3, 0.4) is 0 Å². The van der Waals surface area contributed by atoms with E-state index in [0.717, 1.165) is 9.75 Å². The molecule has 10 heterocycles. The van der Waals surface area contributed by atoms with E-state index in [4.69, 9.17) is 17.3 Å². The molecule has 457 valence electrons. The number of carbonyl (C=O) groups is 3. The number of thiophene rings is 2. The third kappa shape index (κ3) is 21.5. The Labute approximate surface area is 522 Å². The van der Waals surface area contributed by atoms with E-state index in [1.807, 2.05) is 0 Å². The van der Waals surface area contributed by atoms with Crippen molar-refractivity contribution in [3.8, 4) is 21.4 Å². The molecule has 0 aliphatic rings. The molecule has 0 aromatic carbocycles. The molecule has 0 saturated carbocycles. The SMILES string of the molecule is CN(C)C(=O)c1cncc(Cl)n1.CN(C)C(=O)c1cncc(N(Cc2ccc(-c3noc(C(F)(F)F)n3)s2)c2cnccn2)n1.CN(C)C(=O)c1cncc(Nc2cnccn2)n1.FC(F)(F)c1nc(-c2ccc(CBr)s2)no1.Nc1cnccn1.[B]=S. The van der Waals surface area contributed by atoms with Gasteiger partial charge in [-0.2, -0.15) is 36.3 Å². The summed E-state index contributed by atoms with van der Waals surface area (Å²) in [5, 5.41) is 10.5. The number of rotatable bonds is 12. The average Bonchev–Trinajstić information content (AvgIpc) is 3.20. The molecule has 0 aliphatic carbocycles. The summed E-state index contributed by atoms with van der Waals surface area (Å²) in [5.41, 5.74) is 5.86. The summed E-state index contributed by atoms with van der Waals surface area (Å²) in [6.07, 6.45) is 13.1. The zero-order valence-electron chi connectivity index (χ0n) is 46.3. The first kappa shape index (κ1) is 69.4. The van der Waals surface area contributed by atoms with Gasteiger partial charge in [0.25, 0.3) is 17.7 Å². The second-order valence-electron chi connectivity index (χ2n) is 16.9. The van der Waals surface area contributed by atoms with Gasteiger partial charge in [-0.25, -0.2) is 29.9 Å². The summed E-state index contributed by atoms with van der Waals surface area (Å²) in [6, 6.07) is 6.76. The maximum atomic E-state index is 12.8. The van der Waals surface area contributed by atoms with E-state index in [9.17, 15) is 40.7 Å². The van der Waals surface area contributed by atoms with Crippen LogP contribution in [0.4, 0.5) is 55.4 Å². The van der Waals surface area contributed by atoms with Crippen LogP contribution in [-0.2, 0) is 24.2 Å². The summed E-state index contributed by atoms with van der Waals surface area (Å²) in [7, 11) is 9.81. The van der Waals surface area contributed by atoms with Gasteiger partial charge in [0, 0.05) is 94.6 Å². The van der Waals surface area contributed by atoms with Gasteiger partial charge in [-0.3, -0.25) is 44.3 Å². The number of nitrogens with zero attached hydrogens (tertiary/aromatic N) is 20. The zero-order chi connectivity index (χ0) is 64.6. The summed E-state index contributed by atoms with van der Waals surface area (Å²) in [4.78, 5) is 98.5. The van der Waals surface area contributed by atoms with Gasteiger partial charge in [-0.1, -0.05) is 37.8 Å². The molecule has 0 bridgehead atoms. The van der Waals surface area contributed by atoms with E-state index in [0.29, 0.717) is 44.2 Å². The molecule has 27 nitrogen and oxygen atoms in total. The topological polar surface area (TPSA) is 335 Å². The molecular formula is C49H44BBrClF6N22O5S3. The molecule has 0 saturated heterocycles. The third-order valence-electron chi connectivity index (χ3n) is 9.79. The molecular weight excluding hydrogens is 1310 g/mol. The van der Waals surface area contributed by atoms with Crippen LogP contribution >= 0.6 is 62.3 Å². The number of hydrogen-bond acceptors (Lipinski definition) is 27. The van der Waals surface area contributed by atoms with Crippen molar-refractivity contribution < 1.29 is 49.8 Å². The van der Waals surface area contributed by atoms with Gasteiger partial charge in [0.2, 0.25) is 11.6 Å². The minimum absolute atomic E-state index is 0.0375. The van der Waals surface area contributed by atoms with Crippen molar-refractivity contribution in [3.05, 3.63) is 161 Å². The van der Waals surface area contributed by atoms with Crippen molar-refractivity contribution >= 4 is 116 Å². The van der Waals surface area contributed by atoms with Crippen LogP contribution in [0.15, 0.2) is 126 Å². The van der Waals surface area contributed by atoms with E-state index in [1.54, 1.807) is 102 Å². The molecule has 0 atom stereocenters. The maximum absolute atomic E-state index is 12.8. The first-order valence-corrected chi connectivity index (χ1v) is 27.6. The first-order valence-electron chi connectivity index (χ1n) is 24.0. The molecule has 10 aromatic rings. The van der Waals surface area contributed by atoms with Gasteiger partial charge < -0.3 is 39.7 Å².